The van der Waals surface area contributed by atoms with Gasteiger partial charge in [-0.05, 0) is 35.7 Å². The summed E-state index contributed by atoms with van der Waals surface area (Å²) in [4.78, 5) is 20.7. The first-order chi connectivity index (χ1) is 11.3. The van der Waals surface area contributed by atoms with Crippen LogP contribution in [-0.2, 0) is 19.5 Å². The molecule has 2 aromatic heterocycles. The van der Waals surface area contributed by atoms with Crippen molar-refractivity contribution < 1.29 is 4.79 Å². The Morgan fingerprint density at radius 1 is 1.35 bits per heavy atom. The van der Waals surface area contributed by atoms with Gasteiger partial charge in [0, 0.05) is 19.3 Å². The number of aromatic nitrogens is 2. The number of carbonyl (C=O) groups is 1. The van der Waals surface area contributed by atoms with Gasteiger partial charge in [0.25, 0.3) is 5.91 Å². The van der Waals surface area contributed by atoms with Gasteiger partial charge in [0.2, 0.25) is 0 Å². The Hall–Kier alpha value is -2.31. The molecule has 0 fully saturated rings. The zero-order valence-corrected chi connectivity index (χ0v) is 13.3. The van der Waals surface area contributed by atoms with Crippen LogP contribution in [0.5, 0.6) is 0 Å². The van der Waals surface area contributed by atoms with Gasteiger partial charge in [-0.25, -0.2) is 4.98 Å². The molecular weight excluding hydrogens is 308 g/mol. The predicted octanol–water partition coefficient (Wildman–Crippen LogP) is 2.27. The molecule has 3 aromatic rings. The van der Waals surface area contributed by atoms with Crippen molar-refractivity contribution >= 4 is 27.5 Å². The van der Waals surface area contributed by atoms with Crippen LogP contribution >= 0.6 is 11.3 Å². The molecule has 0 aliphatic carbocycles. The van der Waals surface area contributed by atoms with E-state index in [0.29, 0.717) is 11.6 Å². The molecule has 0 bridgehead atoms. The standard InChI is InChI=1S/C17H16N4OS/c22-16(17-21-14-10-19-7-5-15(14)23-17)20-9-12-3-1-2-11-8-18-6-4-13(11)12/h1-3,5,7,10,18H,4,6,8-9H2,(H,20,22). The first-order valence-corrected chi connectivity index (χ1v) is 8.42. The molecule has 3 heterocycles. The number of amides is 1. The van der Waals surface area contributed by atoms with E-state index in [4.69, 9.17) is 0 Å². The Morgan fingerprint density at radius 3 is 3.22 bits per heavy atom. The fourth-order valence-electron chi connectivity index (χ4n) is 2.90. The minimum atomic E-state index is -0.127. The summed E-state index contributed by atoms with van der Waals surface area (Å²) in [5.74, 6) is -0.127. The van der Waals surface area contributed by atoms with Crippen LogP contribution in [0, 0.1) is 0 Å². The zero-order chi connectivity index (χ0) is 15.6. The molecule has 0 saturated heterocycles. The first-order valence-electron chi connectivity index (χ1n) is 7.60. The SMILES string of the molecule is O=C(NCc1cccc2c1CCNC2)c1nc2cnccc2s1. The molecule has 2 N–H and O–H groups in total. The van der Waals surface area contributed by atoms with E-state index in [1.807, 2.05) is 6.07 Å². The number of rotatable bonds is 3. The minimum absolute atomic E-state index is 0.127. The minimum Gasteiger partial charge on any atom is -0.346 e. The van der Waals surface area contributed by atoms with Crippen LogP contribution < -0.4 is 10.6 Å². The summed E-state index contributed by atoms with van der Waals surface area (Å²) >= 11 is 1.40. The zero-order valence-electron chi connectivity index (χ0n) is 12.5. The molecule has 1 amide bonds. The van der Waals surface area contributed by atoms with Crippen molar-refractivity contribution in [1.82, 2.24) is 20.6 Å². The molecule has 1 aromatic carbocycles. The number of nitrogens with one attached hydrogen (secondary N) is 2. The number of fused-ring (bicyclic) bond motifs is 2. The second-order valence-corrected chi connectivity index (χ2v) is 6.56. The molecule has 0 unspecified atom stereocenters. The van der Waals surface area contributed by atoms with Gasteiger partial charge in [0.15, 0.2) is 5.01 Å². The summed E-state index contributed by atoms with van der Waals surface area (Å²) in [5, 5.41) is 6.85. The van der Waals surface area contributed by atoms with E-state index in [0.717, 1.165) is 29.7 Å². The van der Waals surface area contributed by atoms with Crippen LogP contribution in [0.15, 0.2) is 36.7 Å². The number of thiazole rings is 1. The molecule has 23 heavy (non-hydrogen) atoms. The monoisotopic (exact) mass is 324 g/mol. The summed E-state index contributed by atoms with van der Waals surface area (Å²) in [6, 6.07) is 8.17. The van der Waals surface area contributed by atoms with E-state index >= 15 is 0 Å². The number of nitrogens with zero attached hydrogens (tertiary/aromatic N) is 2. The largest absolute Gasteiger partial charge is 0.346 e. The normalized spacial score (nSPS) is 13.7. The highest BCUT2D eigenvalue weighted by Crippen LogP contribution is 2.21. The maximum absolute atomic E-state index is 12.4. The molecule has 116 valence electrons. The van der Waals surface area contributed by atoms with Gasteiger partial charge >= 0.3 is 0 Å². The van der Waals surface area contributed by atoms with Crippen LogP contribution in [0.3, 0.4) is 0 Å². The Kier molecular flexibility index (Phi) is 3.77. The van der Waals surface area contributed by atoms with Crippen LogP contribution in [0.25, 0.3) is 10.2 Å². The number of hydrogen-bond donors (Lipinski definition) is 2. The first kappa shape index (κ1) is 14.3. The van der Waals surface area contributed by atoms with Crippen molar-refractivity contribution in [1.29, 1.82) is 0 Å². The van der Waals surface area contributed by atoms with Crippen molar-refractivity contribution in [3.63, 3.8) is 0 Å². The van der Waals surface area contributed by atoms with E-state index in [1.165, 1.54) is 28.0 Å². The van der Waals surface area contributed by atoms with Crippen molar-refractivity contribution in [3.05, 3.63) is 58.4 Å². The van der Waals surface area contributed by atoms with Gasteiger partial charge in [-0.15, -0.1) is 11.3 Å². The van der Waals surface area contributed by atoms with Crippen molar-refractivity contribution in [2.75, 3.05) is 6.54 Å². The Bertz CT molecular complexity index is 841. The fraction of sp³-hybridized carbons (Fsp3) is 0.235. The van der Waals surface area contributed by atoms with Crippen LogP contribution in [0.2, 0.25) is 0 Å². The van der Waals surface area contributed by atoms with E-state index in [1.54, 1.807) is 12.4 Å². The summed E-state index contributed by atoms with van der Waals surface area (Å²) < 4.78 is 0.980. The number of pyridine rings is 1. The maximum atomic E-state index is 12.4. The van der Waals surface area contributed by atoms with Crippen LogP contribution in [-0.4, -0.2) is 22.4 Å². The number of carbonyl (C=O) groups excluding carboxylic acids is 1. The van der Waals surface area contributed by atoms with Gasteiger partial charge < -0.3 is 10.6 Å². The second kappa shape index (κ2) is 6.06. The van der Waals surface area contributed by atoms with E-state index < -0.39 is 0 Å². The van der Waals surface area contributed by atoms with E-state index in [9.17, 15) is 4.79 Å². The van der Waals surface area contributed by atoms with E-state index in [2.05, 4.69) is 38.8 Å². The Morgan fingerprint density at radius 2 is 2.30 bits per heavy atom. The van der Waals surface area contributed by atoms with Crippen molar-refractivity contribution in [2.24, 2.45) is 0 Å². The molecule has 0 atom stereocenters. The molecule has 1 aliphatic rings. The van der Waals surface area contributed by atoms with Crippen LogP contribution in [0.4, 0.5) is 0 Å². The average molecular weight is 324 g/mol. The average Bonchev–Trinajstić information content (AvgIpc) is 3.04. The summed E-state index contributed by atoms with van der Waals surface area (Å²) in [6.45, 7) is 2.43. The molecular formula is C17H16N4OS. The fourth-order valence-corrected chi connectivity index (χ4v) is 3.75. The molecule has 5 nitrogen and oxygen atoms in total. The van der Waals surface area contributed by atoms with Crippen molar-refractivity contribution in [2.45, 2.75) is 19.5 Å². The second-order valence-electron chi connectivity index (χ2n) is 5.53. The van der Waals surface area contributed by atoms with Gasteiger partial charge in [0.1, 0.15) is 5.52 Å². The van der Waals surface area contributed by atoms with Gasteiger partial charge in [-0.2, -0.15) is 0 Å². The quantitative estimate of drug-likeness (QED) is 0.775. The highest BCUT2D eigenvalue weighted by Gasteiger charge is 2.15. The molecule has 6 heteroatoms. The number of hydrogen-bond acceptors (Lipinski definition) is 5. The highest BCUT2D eigenvalue weighted by atomic mass is 32.1. The third-order valence-electron chi connectivity index (χ3n) is 4.06. The predicted molar refractivity (Wildman–Crippen MR) is 90.4 cm³/mol. The van der Waals surface area contributed by atoms with Crippen LogP contribution in [0.1, 0.15) is 26.5 Å². The lowest BCUT2D eigenvalue weighted by Gasteiger charge is -2.20. The van der Waals surface area contributed by atoms with Gasteiger partial charge in [-0.1, -0.05) is 18.2 Å². The van der Waals surface area contributed by atoms with Crippen molar-refractivity contribution in [3.8, 4) is 0 Å². The third-order valence-corrected chi connectivity index (χ3v) is 5.10. The molecule has 1 aliphatic heterocycles. The van der Waals surface area contributed by atoms with Gasteiger partial charge in [0.05, 0.1) is 10.9 Å². The summed E-state index contributed by atoms with van der Waals surface area (Å²) in [5.41, 5.74) is 4.65. The lowest BCUT2D eigenvalue weighted by molar-refractivity contribution is 0.0950. The van der Waals surface area contributed by atoms with Gasteiger partial charge in [-0.3, -0.25) is 9.78 Å². The topological polar surface area (TPSA) is 66.9 Å². The smallest absolute Gasteiger partial charge is 0.280 e. The molecule has 4 rings (SSSR count). The molecule has 0 radical (unpaired) electrons. The molecule has 0 spiro atoms. The lowest BCUT2D eigenvalue weighted by Crippen LogP contribution is -2.27. The third kappa shape index (κ3) is 2.83. The lowest BCUT2D eigenvalue weighted by atomic mass is 9.95. The van der Waals surface area contributed by atoms with E-state index in [-0.39, 0.29) is 5.91 Å². The molecule has 0 saturated carbocycles. The summed E-state index contributed by atoms with van der Waals surface area (Å²) in [6.07, 6.45) is 4.41. The Labute approximate surface area is 137 Å². The maximum Gasteiger partial charge on any atom is 0.280 e. The Balaban J connectivity index is 1.51. The summed E-state index contributed by atoms with van der Waals surface area (Å²) in [7, 11) is 0. The highest BCUT2D eigenvalue weighted by molar-refractivity contribution is 7.20. The number of benzene rings is 1.